The Labute approximate surface area is 183 Å². The SMILES string of the molecule is c1cc(NC2CCNCC2)cc(-c2ccnc(CCc3cccc4ccccc34)n2)c1. The number of hydrogen-bond acceptors (Lipinski definition) is 4. The van der Waals surface area contributed by atoms with Crippen LogP contribution < -0.4 is 10.6 Å². The molecule has 1 aliphatic heterocycles. The monoisotopic (exact) mass is 408 g/mol. The second-order valence-corrected chi connectivity index (χ2v) is 8.25. The normalized spacial score (nSPS) is 14.6. The van der Waals surface area contributed by atoms with Crippen LogP contribution in [0.4, 0.5) is 5.69 Å². The second kappa shape index (κ2) is 9.27. The number of benzene rings is 3. The summed E-state index contributed by atoms with van der Waals surface area (Å²) in [6.45, 7) is 2.17. The topological polar surface area (TPSA) is 49.8 Å². The fourth-order valence-electron chi connectivity index (χ4n) is 4.41. The van der Waals surface area contributed by atoms with E-state index in [1.54, 1.807) is 0 Å². The minimum atomic E-state index is 0.540. The number of aryl methyl sites for hydroxylation is 2. The van der Waals surface area contributed by atoms with Crippen LogP contribution >= 0.6 is 0 Å². The minimum Gasteiger partial charge on any atom is -0.382 e. The van der Waals surface area contributed by atoms with E-state index in [4.69, 9.17) is 4.98 Å². The Hall–Kier alpha value is -3.24. The van der Waals surface area contributed by atoms with Gasteiger partial charge in [-0.2, -0.15) is 0 Å². The molecule has 0 atom stereocenters. The number of aromatic nitrogens is 2. The molecule has 4 nitrogen and oxygen atoms in total. The number of hydrogen-bond donors (Lipinski definition) is 2. The molecule has 5 rings (SSSR count). The molecule has 3 aromatic carbocycles. The zero-order valence-corrected chi connectivity index (χ0v) is 17.7. The number of anilines is 1. The van der Waals surface area contributed by atoms with Crippen molar-refractivity contribution in [2.45, 2.75) is 31.7 Å². The molecule has 0 bridgehead atoms. The zero-order valence-electron chi connectivity index (χ0n) is 17.7. The van der Waals surface area contributed by atoms with Gasteiger partial charge < -0.3 is 10.6 Å². The van der Waals surface area contributed by atoms with Gasteiger partial charge in [0.2, 0.25) is 0 Å². The van der Waals surface area contributed by atoms with Gasteiger partial charge in [0.05, 0.1) is 5.69 Å². The Bertz CT molecular complexity index is 1160. The molecule has 0 radical (unpaired) electrons. The second-order valence-electron chi connectivity index (χ2n) is 8.25. The summed E-state index contributed by atoms with van der Waals surface area (Å²) in [5.41, 5.74) is 4.63. The van der Waals surface area contributed by atoms with Gasteiger partial charge in [-0.15, -0.1) is 0 Å². The fourth-order valence-corrected chi connectivity index (χ4v) is 4.41. The van der Waals surface area contributed by atoms with E-state index in [1.807, 2.05) is 12.3 Å². The van der Waals surface area contributed by atoms with Crippen molar-refractivity contribution in [3.8, 4) is 11.3 Å². The third-order valence-electron chi connectivity index (χ3n) is 6.07. The average Bonchev–Trinajstić information content (AvgIpc) is 2.84. The van der Waals surface area contributed by atoms with Crippen LogP contribution in [0.15, 0.2) is 79.0 Å². The van der Waals surface area contributed by atoms with E-state index in [0.717, 1.165) is 55.9 Å². The highest BCUT2D eigenvalue weighted by atomic mass is 15.0. The van der Waals surface area contributed by atoms with Crippen LogP contribution in [0.5, 0.6) is 0 Å². The first-order chi connectivity index (χ1) is 15.3. The smallest absolute Gasteiger partial charge is 0.129 e. The third kappa shape index (κ3) is 4.75. The van der Waals surface area contributed by atoms with E-state index >= 15 is 0 Å². The Kier molecular flexibility index (Phi) is 5.90. The number of nitrogens with zero attached hydrogens (tertiary/aromatic N) is 2. The first-order valence-corrected chi connectivity index (χ1v) is 11.2. The predicted molar refractivity (Wildman–Crippen MR) is 128 cm³/mol. The maximum Gasteiger partial charge on any atom is 0.129 e. The molecule has 2 heterocycles. The molecule has 31 heavy (non-hydrogen) atoms. The van der Waals surface area contributed by atoms with Gasteiger partial charge >= 0.3 is 0 Å². The Morgan fingerprint density at radius 1 is 0.871 bits per heavy atom. The van der Waals surface area contributed by atoms with Crippen LogP contribution in [-0.2, 0) is 12.8 Å². The van der Waals surface area contributed by atoms with Crippen molar-refractivity contribution in [3.63, 3.8) is 0 Å². The summed E-state index contributed by atoms with van der Waals surface area (Å²) in [5, 5.41) is 9.71. The summed E-state index contributed by atoms with van der Waals surface area (Å²) in [5.74, 6) is 0.891. The van der Waals surface area contributed by atoms with Gasteiger partial charge in [0.1, 0.15) is 5.82 Å². The zero-order chi connectivity index (χ0) is 20.9. The molecule has 0 amide bonds. The first kappa shape index (κ1) is 19.7. The molecule has 1 fully saturated rings. The van der Waals surface area contributed by atoms with Gasteiger partial charge in [0.15, 0.2) is 0 Å². The highest BCUT2D eigenvalue weighted by molar-refractivity contribution is 5.85. The lowest BCUT2D eigenvalue weighted by atomic mass is 10.0. The van der Waals surface area contributed by atoms with Gasteiger partial charge in [-0.3, -0.25) is 0 Å². The van der Waals surface area contributed by atoms with E-state index in [-0.39, 0.29) is 0 Å². The lowest BCUT2D eigenvalue weighted by molar-refractivity contribution is 0.479. The summed E-state index contributed by atoms with van der Waals surface area (Å²) in [6, 6.07) is 26.2. The molecule has 0 unspecified atom stereocenters. The molecule has 0 saturated carbocycles. The third-order valence-corrected chi connectivity index (χ3v) is 6.07. The minimum absolute atomic E-state index is 0.540. The molecule has 2 N–H and O–H groups in total. The summed E-state index contributed by atoms with van der Waals surface area (Å²) < 4.78 is 0. The largest absolute Gasteiger partial charge is 0.382 e. The lowest BCUT2D eigenvalue weighted by Crippen LogP contribution is -2.35. The van der Waals surface area contributed by atoms with E-state index in [1.165, 1.54) is 22.0 Å². The van der Waals surface area contributed by atoms with E-state index in [2.05, 4.69) is 82.3 Å². The van der Waals surface area contributed by atoms with Gasteiger partial charge in [-0.1, -0.05) is 54.6 Å². The Balaban J connectivity index is 1.31. The highest BCUT2D eigenvalue weighted by Gasteiger charge is 2.13. The Morgan fingerprint density at radius 2 is 1.71 bits per heavy atom. The van der Waals surface area contributed by atoms with Crippen molar-refractivity contribution in [3.05, 3.63) is 90.4 Å². The maximum atomic E-state index is 4.88. The summed E-state index contributed by atoms with van der Waals surface area (Å²) >= 11 is 0. The number of piperidine rings is 1. The quantitative estimate of drug-likeness (QED) is 0.458. The number of nitrogens with one attached hydrogen (secondary N) is 2. The summed E-state index contributed by atoms with van der Waals surface area (Å²) in [6.07, 6.45) is 5.97. The molecule has 1 saturated heterocycles. The van der Waals surface area contributed by atoms with Crippen LogP contribution in [0, 0.1) is 0 Å². The molecule has 0 aliphatic carbocycles. The van der Waals surface area contributed by atoms with Gasteiger partial charge in [-0.25, -0.2) is 9.97 Å². The fraction of sp³-hybridized carbons (Fsp3) is 0.259. The van der Waals surface area contributed by atoms with Crippen LogP contribution in [-0.4, -0.2) is 29.1 Å². The van der Waals surface area contributed by atoms with E-state index in [0.29, 0.717) is 6.04 Å². The molecule has 156 valence electrons. The van der Waals surface area contributed by atoms with Crippen molar-refractivity contribution in [2.75, 3.05) is 18.4 Å². The molecule has 4 heteroatoms. The maximum absolute atomic E-state index is 4.88. The molecule has 0 spiro atoms. The molecule has 1 aliphatic rings. The van der Waals surface area contributed by atoms with Gasteiger partial charge in [0, 0.05) is 29.9 Å². The first-order valence-electron chi connectivity index (χ1n) is 11.2. The molecular weight excluding hydrogens is 380 g/mol. The molecule has 4 aromatic rings. The van der Waals surface area contributed by atoms with Crippen LogP contribution in [0.3, 0.4) is 0 Å². The summed E-state index contributed by atoms with van der Waals surface area (Å²) in [7, 11) is 0. The summed E-state index contributed by atoms with van der Waals surface area (Å²) in [4.78, 5) is 9.42. The number of fused-ring (bicyclic) bond motifs is 1. The molecular formula is C27H28N4. The predicted octanol–water partition coefficient (Wildman–Crippen LogP) is 5.25. The lowest BCUT2D eigenvalue weighted by Gasteiger charge is -2.24. The highest BCUT2D eigenvalue weighted by Crippen LogP contribution is 2.23. The van der Waals surface area contributed by atoms with Crippen LogP contribution in [0.1, 0.15) is 24.2 Å². The van der Waals surface area contributed by atoms with Crippen molar-refractivity contribution in [1.82, 2.24) is 15.3 Å². The van der Waals surface area contributed by atoms with Crippen LogP contribution in [0.25, 0.3) is 22.0 Å². The van der Waals surface area contributed by atoms with E-state index < -0.39 is 0 Å². The standard InChI is InChI=1S/C27H28N4/c1-2-10-25-20(5-1)6-3-7-21(25)11-12-27-29-18-15-26(31-27)22-8-4-9-24(19-22)30-23-13-16-28-17-14-23/h1-10,15,18-19,23,28,30H,11-14,16-17H2. The van der Waals surface area contributed by atoms with Gasteiger partial charge in [-0.05, 0) is 66.9 Å². The van der Waals surface area contributed by atoms with Crippen molar-refractivity contribution in [2.24, 2.45) is 0 Å². The average molecular weight is 409 g/mol. The van der Waals surface area contributed by atoms with Crippen molar-refractivity contribution >= 4 is 16.5 Å². The number of rotatable bonds is 6. The Morgan fingerprint density at radius 3 is 2.65 bits per heavy atom. The van der Waals surface area contributed by atoms with E-state index in [9.17, 15) is 0 Å². The van der Waals surface area contributed by atoms with Crippen molar-refractivity contribution < 1.29 is 0 Å². The van der Waals surface area contributed by atoms with Crippen LogP contribution in [0.2, 0.25) is 0 Å². The van der Waals surface area contributed by atoms with Gasteiger partial charge in [0.25, 0.3) is 0 Å². The molecule has 1 aromatic heterocycles. The van der Waals surface area contributed by atoms with Crippen molar-refractivity contribution in [1.29, 1.82) is 0 Å².